The standard InChI is InChI=1S/C19H22O2/c1-3-4-5-6-7-8-9-10-11-12-13-14-15-16-17-18-19(20)21-2/h3,8-11,16-17H,1,4-7,18H2,2H3. The molecule has 0 aromatic rings. The van der Waals surface area contributed by atoms with Crippen LogP contribution in [0.1, 0.15) is 32.1 Å². The van der Waals surface area contributed by atoms with E-state index in [0.717, 1.165) is 12.8 Å². The van der Waals surface area contributed by atoms with E-state index in [9.17, 15) is 4.79 Å². The number of allylic oxidation sites excluding steroid dienone is 6. The molecule has 2 heteroatoms. The summed E-state index contributed by atoms with van der Waals surface area (Å²) in [6, 6.07) is 0. The van der Waals surface area contributed by atoms with E-state index in [1.165, 1.54) is 20.0 Å². The third kappa shape index (κ3) is 15.5. The molecule has 0 unspecified atom stereocenters. The molecule has 0 aliphatic heterocycles. The van der Waals surface area contributed by atoms with Crippen LogP contribution in [0.5, 0.6) is 0 Å². The lowest BCUT2D eigenvalue weighted by Gasteiger charge is -1.90. The zero-order valence-corrected chi connectivity index (χ0v) is 12.6. The summed E-state index contributed by atoms with van der Waals surface area (Å²) < 4.78 is 4.48. The first kappa shape index (κ1) is 18.6. The van der Waals surface area contributed by atoms with Gasteiger partial charge in [0, 0.05) is 0 Å². The SMILES string of the molecule is C=CCCCCC=CC=CC#CC#CC=CCC(=O)OC. The van der Waals surface area contributed by atoms with Gasteiger partial charge in [0.05, 0.1) is 13.5 Å². The maximum atomic E-state index is 10.8. The number of hydrogen-bond donors (Lipinski definition) is 0. The van der Waals surface area contributed by atoms with Gasteiger partial charge in [-0.05, 0) is 49.7 Å². The molecule has 0 fully saturated rings. The lowest BCUT2D eigenvalue weighted by atomic mass is 10.2. The van der Waals surface area contributed by atoms with E-state index in [2.05, 4.69) is 41.1 Å². The lowest BCUT2D eigenvalue weighted by Crippen LogP contribution is -1.96. The summed E-state index contributed by atoms with van der Waals surface area (Å²) in [6.07, 6.45) is 17.7. The number of unbranched alkanes of at least 4 members (excludes halogenated alkanes) is 3. The average molecular weight is 282 g/mol. The smallest absolute Gasteiger partial charge is 0.309 e. The highest BCUT2D eigenvalue weighted by molar-refractivity contribution is 5.71. The molecule has 0 aliphatic carbocycles. The van der Waals surface area contributed by atoms with E-state index in [0.29, 0.717) is 0 Å². The Hall–Kier alpha value is -2.45. The highest BCUT2D eigenvalue weighted by atomic mass is 16.5. The maximum absolute atomic E-state index is 10.8. The van der Waals surface area contributed by atoms with Crippen molar-refractivity contribution in [3.05, 3.63) is 49.1 Å². The van der Waals surface area contributed by atoms with Crippen LogP contribution in [-0.2, 0) is 9.53 Å². The van der Waals surface area contributed by atoms with Gasteiger partial charge >= 0.3 is 5.97 Å². The number of methoxy groups -OCH3 is 1. The molecular formula is C19H22O2. The Morgan fingerprint density at radius 2 is 1.76 bits per heavy atom. The minimum absolute atomic E-state index is 0.232. The number of carbonyl (C=O) groups is 1. The predicted molar refractivity (Wildman–Crippen MR) is 88.3 cm³/mol. The van der Waals surface area contributed by atoms with Gasteiger partial charge in [0.25, 0.3) is 0 Å². The van der Waals surface area contributed by atoms with Crippen LogP contribution in [0.4, 0.5) is 0 Å². The summed E-state index contributed by atoms with van der Waals surface area (Å²) in [5, 5.41) is 0. The molecule has 0 aromatic heterocycles. The predicted octanol–water partition coefficient (Wildman–Crippen LogP) is 3.97. The fourth-order valence-corrected chi connectivity index (χ4v) is 1.28. The third-order valence-electron chi connectivity index (χ3n) is 2.38. The second kappa shape index (κ2) is 15.6. The van der Waals surface area contributed by atoms with E-state index >= 15 is 0 Å². The van der Waals surface area contributed by atoms with Gasteiger partial charge in [-0.2, -0.15) is 0 Å². The van der Waals surface area contributed by atoms with Crippen LogP contribution >= 0.6 is 0 Å². The van der Waals surface area contributed by atoms with Crippen molar-refractivity contribution in [2.45, 2.75) is 32.1 Å². The van der Waals surface area contributed by atoms with Gasteiger partial charge in [-0.3, -0.25) is 4.79 Å². The van der Waals surface area contributed by atoms with Crippen molar-refractivity contribution >= 4 is 5.97 Å². The highest BCUT2D eigenvalue weighted by Gasteiger charge is 1.91. The molecule has 0 bridgehead atoms. The Morgan fingerprint density at radius 1 is 1.05 bits per heavy atom. The van der Waals surface area contributed by atoms with Gasteiger partial charge < -0.3 is 4.74 Å². The number of esters is 1. The number of ether oxygens (including phenoxy) is 1. The molecule has 0 heterocycles. The quantitative estimate of drug-likeness (QED) is 0.221. The minimum Gasteiger partial charge on any atom is -0.469 e. The molecule has 0 aliphatic rings. The van der Waals surface area contributed by atoms with E-state index in [1.807, 2.05) is 18.2 Å². The summed E-state index contributed by atoms with van der Waals surface area (Å²) in [7, 11) is 1.36. The van der Waals surface area contributed by atoms with Crippen molar-refractivity contribution in [3.8, 4) is 23.7 Å². The summed E-state index contributed by atoms with van der Waals surface area (Å²) in [6.45, 7) is 3.69. The number of hydrogen-bond acceptors (Lipinski definition) is 2. The second-order valence-electron chi connectivity index (χ2n) is 4.08. The summed E-state index contributed by atoms with van der Waals surface area (Å²) in [5.74, 6) is 10.6. The Labute approximate surface area is 128 Å². The van der Waals surface area contributed by atoms with Crippen LogP contribution in [0.25, 0.3) is 0 Å². The lowest BCUT2D eigenvalue weighted by molar-refractivity contribution is -0.139. The third-order valence-corrected chi connectivity index (χ3v) is 2.38. The topological polar surface area (TPSA) is 26.3 Å². The Balaban J connectivity index is 3.77. The van der Waals surface area contributed by atoms with Crippen molar-refractivity contribution < 1.29 is 9.53 Å². The second-order valence-corrected chi connectivity index (χ2v) is 4.08. The van der Waals surface area contributed by atoms with Crippen molar-refractivity contribution in [1.29, 1.82) is 0 Å². The fourth-order valence-electron chi connectivity index (χ4n) is 1.28. The molecule has 0 aromatic carbocycles. The molecule has 0 spiro atoms. The Kier molecular flexibility index (Phi) is 13.8. The van der Waals surface area contributed by atoms with Gasteiger partial charge in [-0.15, -0.1) is 6.58 Å². The van der Waals surface area contributed by atoms with E-state index < -0.39 is 0 Å². The van der Waals surface area contributed by atoms with Crippen LogP contribution in [0.3, 0.4) is 0 Å². The first-order valence-electron chi connectivity index (χ1n) is 6.96. The summed E-state index contributed by atoms with van der Waals surface area (Å²) in [4.78, 5) is 10.8. The zero-order valence-electron chi connectivity index (χ0n) is 12.6. The first-order chi connectivity index (χ1) is 10.3. The Morgan fingerprint density at radius 3 is 2.48 bits per heavy atom. The molecule has 2 nitrogen and oxygen atoms in total. The summed E-state index contributed by atoms with van der Waals surface area (Å²) in [5.41, 5.74) is 0. The zero-order chi connectivity index (χ0) is 15.6. The molecular weight excluding hydrogens is 260 g/mol. The molecule has 0 N–H and O–H groups in total. The van der Waals surface area contributed by atoms with E-state index in [-0.39, 0.29) is 12.4 Å². The van der Waals surface area contributed by atoms with Crippen molar-refractivity contribution in [2.75, 3.05) is 7.11 Å². The van der Waals surface area contributed by atoms with E-state index in [1.54, 1.807) is 18.2 Å². The van der Waals surface area contributed by atoms with Crippen LogP contribution in [0, 0.1) is 23.7 Å². The van der Waals surface area contributed by atoms with Crippen LogP contribution < -0.4 is 0 Å². The molecule has 0 saturated carbocycles. The monoisotopic (exact) mass is 282 g/mol. The van der Waals surface area contributed by atoms with Gasteiger partial charge in [-0.25, -0.2) is 0 Å². The van der Waals surface area contributed by atoms with Gasteiger partial charge in [0.2, 0.25) is 0 Å². The van der Waals surface area contributed by atoms with Crippen molar-refractivity contribution in [2.24, 2.45) is 0 Å². The molecule has 110 valence electrons. The highest BCUT2D eigenvalue weighted by Crippen LogP contribution is 2.00. The molecule has 0 amide bonds. The van der Waals surface area contributed by atoms with Crippen LogP contribution in [-0.4, -0.2) is 13.1 Å². The molecule has 0 saturated heterocycles. The molecule has 21 heavy (non-hydrogen) atoms. The Bertz CT molecular complexity index is 499. The summed E-state index contributed by atoms with van der Waals surface area (Å²) >= 11 is 0. The molecule has 0 atom stereocenters. The number of carbonyl (C=O) groups excluding carboxylic acids is 1. The molecule has 0 rings (SSSR count). The number of rotatable bonds is 8. The maximum Gasteiger partial charge on any atom is 0.309 e. The van der Waals surface area contributed by atoms with Gasteiger partial charge in [0.15, 0.2) is 0 Å². The van der Waals surface area contributed by atoms with E-state index in [4.69, 9.17) is 0 Å². The van der Waals surface area contributed by atoms with Crippen LogP contribution in [0.2, 0.25) is 0 Å². The van der Waals surface area contributed by atoms with Gasteiger partial charge in [-0.1, -0.05) is 42.2 Å². The molecule has 0 radical (unpaired) electrons. The largest absolute Gasteiger partial charge is 0.469 e. The van der Waals surface area contributed by atoms with Crippen molar-refractivity contribution in [3.63, 3.8) is 0 Å². The average Bonchev–Trinajstić information content (AvgIpc) is 2.50. The first-order valence-corrected chi connectivity index (χ1v) is 6.96. The van der Waals surface area contributed by atoms with Gasteiger partial charge in [0.1, 0.15) is 0 Å². The van der Waals surface area contributed by atoms with Crippen LogP contribution in [0.15, 0.2) is 49.1 Å². The minimum atomic E-state index is -0.279. The fraction of sp³-hybridized carbons (Fsp3) is 0.316. The normalized spacial score (nSPS) is 10.1. The van der Waals surface area contributed by atoms with Crippen molar-refractivity contribution in [1.82, 2.24) is 0 Å².